The number of aromatic nitrogens is 8. The Hall–Kier alpha value is -2.21. The summed E-state index contributed by atoms with van der Waals surface area (Å²) in [5.41, 5.74) is 6.43. The Kier molecular flexibility index (Phi) is 8.09. The predicted octanol–water partition coefficient (Wildman–Crippen LogP) is -0.641. The molecule has 5 aromatic rings. The van der Waals surface area contributed by atoms with Gasteiger partial charge in [-0.05, 0) is 23.1 Å². The van der Waals surface area contributed by atoms with Crippen LogP contribution < -0.4 is 56.6 Å². The van der Waals surface area contributed by atoms with Crippen molar-refractivity contribution in [3.8, 4) is 22.5 Å². The van der Waals surface area contributed by atoms with E-state index in [0.717, 1.165) is 47.5 Å². The first kappa shape index (κ1) is 24.4. The quantitative estimate of drug-likeness (QED) is 0.315. The van der Waals surface area contributed by atoms with Crippen LogP contribution in [0.1, 0.15) is 30.8 Å². The summed E-state index contributed by atoms with van der Waals surface area (Å²) in [7, 11) is 0. The molecule has 0 aliphatic rings. The Bertz CT molecular complexity index is 1290. The minimum atomic E-state index is 0. The molecule has 10 heteroatoms. The predicted molar refractivity (Wildman–Crippen MR) is 116 cm³/mol. The van der Waals surface area contributed by atoms with Gasteiger partial charge in [-0.1, -0.05) is 62.4 Å². The van der Waals surface area contributed by atoms with Crippen molar-refractivity contribution in [2.75, 3.05) is 0 Å². The molecule has 0 aliphatic carbocycles. The van der Waals surface area contributed by atoms with Crippen LogP contribution in [0.25, 0.3) is 28.2 Å². The fourth-order valence-corrected chi connectivity index (χ4v) is 3.69. The molecule has 0 spiro atoms. The summed E-state index contributed by atoms with van der Waals surface area (Å²) in [6, 6.07) is 16.6. The molecule has 0 saturated heterocycles. The van der Waals surface area contributed by atoms with E-state index in [1.165, 1.54) is 11.1 Å². The maximum atomic E-state index is 4.66. The minimum absolute atomic E-state index is 0. The van der Waals surface area contributed by atoms with E-state index in [4.69, 9.17) is 0 Å². The fraction of sp³-hybridized carbons (Fsp3) is 0.227. The van der Waals surface area contributed by atoms with Crippen LogP contribution in [0, 0.1) is 0 Å². The molecule has 0 bridgehead atoms. The average Bonchev–Trinajstić information content (AvgIpc) is 3.52. The van der Waals surface area contributed by atoms with Gasteiger partial charge in [0, 0.05) is 23.7 Å². The third-order valence-corrected chi connectivity index (χ3v) is 5.26. The van der Waals surface area contributed by atoms with Crippen LogP contribution in [0.2, 0.25) is 0 Å². The van der Waals surface area contributed by atoms with E-state index in [9.17, 15) is 0 Å². The summed E-state index contributed by atoms with van der Waals surface area (Å²) >= 11 is 0. The zero-order valence-electron chi connectivity index (χ0n) is 18.4. The maximum Gasteiger partial charge on any atom is 1.00 e. The Labute approximate surface area is 228 Å². The summed E-state index contributed by atoms with van der Waals surface area (Å²) in [4.78, 5) is 4.66. The first-order chi connectivity index (χ1) is 14.8. The first-order valence-electron chi connectivity index (χ1n) is 10.1. The number of rotatable bonds is 6. The van der Waals surface area contributed by atoms with Crippen molar-refractivity contribution in [3.05, 3.63) is 71.7 Å². The molecule has 0 fully saturated rings. The van der Waals surface area contributed by atoms with Gasteiger partial charge < -0.3 is 10.6 Å². The number of nitrogens with zero attached hydrogens (tertiary/aromatic N) is 8. The van der Waals surface area contributed by atoms with Crippen LogP contribution >= 0.6 is 0 Å². The summed E-state index contributed by atoms with van der Waals surface area (Å²) < 4.78 is 4.05. The Balaban J connectivity index is 0.00000144. The van der Waals surface area contributed by atoms with Crippen LogP contribution in [0.4, 0.5) is 0 Å². The number of hydrogen-bond acceptors (Lipinski definition) is 5. The second kappa shape index (κ2) is 10.6. The number of aryl methyl sites for hydroxylation is 2. The van der Waals surface area contributed by atoms with Crippen LogP contribution in [0.5, 0.6) is 0 Å². The van der Waals surface area contributed by atoms with Crippen molar-refractivity contribution in [1.82, 2.24) is 40.0 Å². The molecule has 2 aromatic carbocycles. The Morgan fingerprint density at radius 2 is 1.69 bits per heavy atom. The molecule has 0 radical (unpaired) electrons. The van der Waals surface area contributed by atoms with Gasteiger partial charge in [-0.25, -0.2) is 10.1 Å². The molecule has 5 rings (SSSR count). The molecule has 2 N–H and O–H groups in total. The van der Waals surface area contributed by atoms with Gasteiger partial charge in [0.1, 0.15) is 0 Å². The standard InChI is InChI=1S/C22H21N8.K.H2O/c1-3-16-14-29(30-22(16)23-20(4-2)26-30)13-15-9-11-17(12-10-15)18-7-5-6-8-19(18)21-24-27-28-25-21;;/h5-12,14H,3-4,13H2,1-2H3;;1H2/q-1;+1;. The van der Waals surface area contributed by atoms with Crippen molar-refractivity contribution in [2.45, 2.75) is 33.2 Å². The Morgan fingerprint density at radius 1 is 0.938 bits per heavy atom. The van der Waals surface area contributed by atoms with Gasteiger partial charge in [0.05, 0.1) is 12.4 Å². The normalized spacial score (nSPS) is 10.7. The molecular formula is C22H23KN8O. The molecule has 9 nitrogen and oxygen atoms in total. The molecule has 3 heterocycles. The van der Waals surface area contributed by atoms with Gasteiger partial charge in [-0.3, -0.25) is 15.1 Å². The van der Waals surface area contributed by atoms with Crippen molar-refractivity contribution >= 4 is 5.65 Å². The van der Waals surface area contributed by atoms with E-state index < -0.39 is 0 Å². The van der Waals surface area contributed by atoms with E-state index in [2.05, 4.69) is 85.8 Å². The molecule has 3 aromatic heterocycles. The van der Waals surface area contributed by atoms with E-state index in [1.807, 2.05) is 22.8 Å². The summed E-state index contributed by atoms with van der Waals surface area (Å²) in [5.74, 6) is 1.41. The van der Waals surface area contributed by atoms with Crippen molar-refractivity contribution in [1.29, 1.82) is 0 Å². The number of tetrazole rings is 1. The van der Waals surface area contributed by atoms with E-state index in [1.54, 1.807) is 0 Å². The first-order valence-corrected chi connectivity index (χ1v) is 10.1. The number of fused-ring (bicyclic) bond motifs is 1. The molecule has 0 aliphatic heterocycles. The molecule has 0 amide bonds. The molecule has 0 unspecified atom stereocenters. The smallest absolute Gasteiger partial charge is 0.412 e. The van der Waals surface area contributed by atoms with Crippen LogP contribution in [0.15, 0.2) is 54.7 Å². The molecular weight excluding hydrogens is 431 g/mol. The minimum Gasteiger partial charge on any atom is -0.412 e. The molecule has 158 valence electrons. The van der Waals surface area contributed by atoms with Crippen molar-refractivity contribution in [2.24, 2.45) is 0 Å². The summed E-state index contributed by atoms with van der Waals surface area (Å²) in [6.07, 6.45) is 3.91. The zero-order valence-corrected chi connectivity index (χ0v) is 21.5. The molecule has 0 saturated carbocycles. The molecule has 0 atom stereocenters. The monoisotopic (exact) mass is 454 g/mol. The number of hydrogen-bond donors (Lipinski definition) is 0. The van der Waals surface area contributed by atoms with Gasteiger partial charge in [-0.2, -0.15) is 4.63 Å². The van der Waals surface area contributed by atoms with Crippen LogP contribution in [-0.2, 0) is 19.4 Å². The largest absolute Gasteiger partial charge is 1.00 e. The second-order valence-corrected chi connectivity index (χ2v) is 7.15. The number of benzene rings is 2. The van der Waals surface area contributed by atoms with E-state index in [0.29, 0.717) is 5.82 Å². The van der Waals surface area contributed by atoms with E-state index >= 15 is 0 Å². The third-order valence-electron chi connectivity index (χ3n) is 5.26. The van der Waals surface area contributed by atoms with Gasteiger partial charge in [0.2, 0.25) is 0 Å². The van der Waals surface area contributed by atoms with Gasteiger partial charge in [-0.15, -0.1) is 5.10 Å². The average molecular weight is 455 g/mol. The topological polar surface area (TPSA) is 119 Å². The van der Waals surface area contributed by atoms with Crippen LogP contribution in [0.3, 0.4) is 0 Å². The fourth-order valence-electron chi connectivity index (χ4n) is 3.69. The second-order valence-electron chi connectivity index (χ2n) is 7.15. The van der Waals surface area contributed by atoms with Crippen molar-refractivity contribution in [3.63, 3.8) is 0 Å². The SMILES string of the molecule is CCc1nc2c(CC)cn(Cc3ccc(-c4ccccc4-c4nn[n-]n4)cc3)n2n1.O.[K+]. The van der Waals surface area contributed by atoms with E-state index in [-0.39, 0.29) is 56.9 Å². The maximum absolute atomic E-state index is 4.66. The van der Waals surface area contributed by atoms with Gasteiger partial charge in [0.25, 0.3) is 0 Å². The van der Waals surface area contributed by atoms with Crippen molar-refractivity contribution < 1.29 is 56.9 Å². The molecule has 32 heavy (non-hydrogen) atoms. The zero-order chi connectivity index (χ0) is 20.5. The Morgan fingerprint density at radius 3 is 2.34 bits per heavy atom. The third kappa shape index (κ3) is 4.61. The summed E-state index contributed by atoms with van der Waals surface area (Å²) in [6.45, 7) is 4.95. The van der Waals surface area contributed by atoms with Gasteiger partial charge in [0.15, 0.2) is 11.5 Å². The summed E-state index contributed by atoms with van der Waals surface area (Å²) in [5, 5.41) is 19.9. The van der Waals surface area contributed by atoms with Gasteiger partial charge >= 0.3 is 51.4 Å². The van der Waals surface area contributed by atoms with Crippen LogP contribution in [-0.4, -0.2) is 40.3 Å².